The molecule has 1 aromatic carbocycles. The number of anilines is 2. The van der Waals surface area contributed by atoms with E-state index in [0.717, 1.165) is 11.0 Å². The maximum absolute atomic E-state index is 5.91. The Morgan fingerprint density at radius 3 is 2.63 bits per heavy atom. The minimum atomic E-state index is -0.0831. The van der Waals surface area contributed by atoms with Crippen LogP contribution < -0.4 is 11.1 Å². The van der Waals surface area contributed by atoms with Crippen molar-refractivity contribution < 1.29 is 0 Å². The zero-order valence-corrected chi connectivity index (χ0v) is 10.3. The number of nitrogens with zero attached hydrogens (tertiary/aromatic N) is 4. The third kappa shape index (κ3) is 2.17. The molecule has 7 heteroatoms. The molecule has 0 fully saturated rings. The first kappa shape index (κ1) is 11.4. The molecule has 0 amide bonds. The summed E-state index contributed by atoms with van der Waals surface area (Å²) in [5, 5.41) is 9.79. The molecule has 0 aliphatic heterocycles. The van der Waals surface area contributed by atoms with E-state index in [0.29, 0.717) is 17.5 Å². The van der Waals surface area contributed by atoms with Gasteiger partial charge in [0.05, 0.1) is 17.1 Å². The first-order valence-electron chi connectivity index (χ1n) is 5.88. The van der Waals surface area contributed by atoms with Crippen LogP contribution in [-0.4, -0.2) is 25.1 Å². The van der Waals surface area contributed by atoms with Crippen LogP contribution in [0.5, 0.6) is 0 Å². The molecule has 0 saturated carbocycles. The molecular weight excluding hydrogens is 242 g/mol. The molecule has 0 saturated heterocycles. The van der Waals surface area contributed by atoms with E-state index in [9.17, 15) is 0 Å². The van der Waals surface area contributed by atoms with E-state index < -0.39 is 0 Å². The van der Waals surface area contributed by atoms with E-state index >= 15 is 0 Å². The van der Waals surface area contributed by atoms with Crippen molar-refractivity contribution in [1.82, 2.24) is 25.1 Å². The fraction of sp³-hybridized carbons (Fsp3) is 0.167. The molecule has 1 unspecified atom stereocenters. The van der Waals surface area contributed by atoms with Gasteiger partial charge in [0.15, 0.2) is 11.6 Å². The van der Waals surface area contributed by atoms with Gasteiger partial charge in [0, 0.05) is 0 Å². The average Bonchev–Trinajstić information content (AvgIpc) is 2.93. The molecular formula is C12H13N7. The minimum absolute atomic E-state index is 0.0831. The Bertz CT molecular complexity index is 692. The van der Waals surface area contributed by atoms with Crippen LogP contribution in [0.1, 0.15) is 18.8 Å². The van der Waals surface area contributed by atoms with Crippen molar-refractivity contribution >= 4 is 22.7 Å². The third-order valence-electron chi connectivity index (χ3n) is 2.79. The van der Waals surface area contributed by atoms with Gasteiger partial charge >= 0.3 is 0 Å². The summed E-state index contributed by atoms with van der Waals surface area (Å²) < 4.78 is 0. The van der Waals surface area contributed by atoms with Gasteiger partial charge in [-0.15, -0.1) is 0 Å². The highest BCUT2D eigenvalue weighted by Gasteiger charge is 2.12. The fourth-order valence-electron chi connectivity index (χ4n) is 1.82. The molecule has 0 spiro atoms. The van der Waals surface area contributed by atoms with Crippen LogP contribution in [0, 0.1) is 0 Å². The Labute approximate surface area is 109 Å². The Morgan fingerprint density at radius 1 is 1.21 bits per heavy atom. The predicted octanol–water partition coefficient (Wildman–Crippen LogP) is 1.50. The van der Waals surface area contributed by atoms with Crippen LogP contribution in [0.3, 0.4) is 0 Å². The topological polar surface area (TPSA) is 105 Å². The summed E-state index contributed by atoms with van der Waals surface area (Å²) in [6.07, 6.45) is 1.46. The average molecular weight is 255 g/mol. The van der Waals surface area contributed by atoms with Crippen molar-refractivity contribution in [1.29, 1.82) is 0 Å². The minimum Gasteiger partial charge on any atom is -0.381 e. The zero-order valence-electron chi connectivity index (χ0n) is 10.3. The molecule has 3 rings (SSSR count). The monoisotopic (exact) mass is 255 g/mol. The maximum atomic E-state index is 5.91. The molecule has 7 nitrogen and oxygen atoms in total. The standard InChI is InChI=1S/C12H13N7/c1-7(11-14-6-15-19-11)16-12-10(13)17-8-4-2-3-5-9(8)18-12/h2-7H,1H3,(H2,13,17)(H,16,18)(H,14,15,19). The second-order valence-electron chi connectivity index (χ2n) is 4.18. The van der Waals surface area contributed by atoms with Crippen molar-refractivity contribution in [3.05, 3.63) is 36.4 Å². The van der Waals surface area contributed by atoms with E-state index in [-0.39, 0.29) is 6.04 Å². The Morgan fingerprint density at radius 2 is 1.95 bits per heavy atom. The van der Waals surface area contributed by atoms with Crippen LogP contribution in [0.15, 0.2) is 30.6 Å². The number of hydrogen-bond acceptors (Lipinski definition) is 6. The second kappa shape index (κ2) is 4.52. The van der Waals surface area contributed by atoms with Crippen molar-refractivity contribution in [2.24, 2.45) is 0 Å². The van der Waals surface area contributed by atoms with Gasteiger partial charge in [-0.25, -0.2) is 15.0 Å². The normalized spacial score (nSPS) is 12.5. The summed E-state index contributed by atoms with van der Waals surface area (Å²) in [5.41, 5.74) is 7.48. The van der Waals surface area contributed by atoms with Crippen molar-refractivity contribution in [3.8, 4) is 0 Å². The number of benzene rings is 1. The number of H-pyrrole nitrogens is 1. The van der Waals surface area contributed by atoms with E-state index in [2.05, 4.69) is 30.5 Å². The van der Waals surface area contributed by atoms with E-state index in [1.807, 2.05) is 31.2 Å². The largest absolute Gasteiger partial charge is 0.381 e. The van der Waals surface area contributed by atoms with E-state index in [4.69, 9.17) is 5.73 Å². The summed E-state index contributed by atoms with van der Waals surface area (Å²) in [4.78, 5) is 12.9. The number of rotatable bonds is 3. The highest BCUT2D eigenvalue weighted by Crippen LogP contribution is 2.21. The van der Waals surface area contributed by atoms with Crippen LogP contribution >= 0.6 is 0 Å². The number of aromatic amines is 1. The molecule has 3 aromatic rings. The van der Waals surface area contributed by atoms with Crippen LogP contribution in [-0.2, 0) is 0 Å². The highest BCUT2D eigenvalue weighted by molar-refractivity contribution is 5.79. The van der Waals surface area contributed by atoms with E-state index in [1.54, 1.807) is 0 Å². The lowest BCUT2D eigenvalue weighted by Gasteiger charge is -2.13. The molecule has 2 heterocycles. The molecule has 2 aromatic heterocycles. The predicted molar refractivity (Wildman–Crippen MR) is 72.4 cm³/mol. The Hall–Kier alpha value is -2.70. The van der Waals surface area contributed by atoms with Gasteiger partial charge in [-0.3, -0.25) is 5.10 Å². The summed E-state index contributed by atoms with van der Waals surface area (Å²) in [7, 11) is 0. The van der Waals surface area contributed by atoms with Gasteiger partial charge < -0.3 is 11.1 Å². The van der Waals surface area contributed by atoms with Gasteiger partial charge in [0.1, 0.15) is 12.2 Å². The van der Waals surface area contributed by atoms with Gasteiger partial charge in [0.2, 0.25) is 0 Å². The van der Waals surface area contributed by atoms with Crippen molar-refractivity contribution in [2.45, 2.75) is 13.0 Å². The lowest BCUT2D eigenvalue weighted by Crippen LogP contribution is -2.12. The summed E-state index contributed by atoms with van der Waals surface area (Å²) in [6, 6.07) is 7.51. The maximum Gasteiger partial charge on any atom is 0.170 e. The van der Waals surface area contributed by atoms with Gasteiger partial charge in [-0.2, -0.15) is 5.10 Å². The van der Waals surface area contributed by atoms with Gasteiger partial charge in [0.25, 0.3) is 0 Å². The molecule has 1 atom stereocenters. The molecule has 4 N–H and O–H groups in total. The van der Waals surface area contributed by atoms with Crippen LogP contribution in [0.4, 0.5) is 11.6 Å². The SMILES string of the molecule is CC(Nc1nc2ccccc2nc1N)c1ncn[nH]1. The summed E-state index contributed by atoms with van der Waals surface area (Å²) in [6.45, 7) is 1.94. The first-order chi connectivity index (χ1) is 9.24. The van der Waals surface area contributed by atoms with Gasteiger partial charge in [-0.05, 0) is 19.1 Å². The molecule has 0 bridgehead atoms. The van der Waals surface area contributed by atoms with Crippen molar-refractivity contribution in [2.75, 3.05) is 11.1 Å². The Kier molecular flexibility index (Phi) is 2.71. The number of nitrogen functional groups attached to an aromatic ring is 1. The second-order valence-corrected chi connectivity index (χ2v) is 4.18. The third-order valence-corrected chi connectivity index (χ3v) is 2.79. The summed E-state index contributed by atoms with van der Waals surface area (Å²) >= 11 is 0. The van der Waals surface area contributed by atoms with Crippen LogP contribution in [0.25, 0.3) is 11.0 Å². The molecule has 0 radical (unpaired) electrons. The lowest BCUT2D eigenvalue weighted by atomic mass is 10.3. The van der Waals surface area contributed by atoms with Crippen molar-refractivity contribution in [3.63, 3.8) is 0 Å². The molecule has 19 heavy (non-hydrogen) atoms. The molecule has 0 aliphatic rings. The lowest BCUT2D eigenvalue weighted by molar-refractivity contribution is 0.791. The molecule has 96 valence electrons. The number of nitrogens with one attached hydrogen (secondary N) is 2. The van der Waals surface area contributed by atoms with E-state index in [1.165, 1.54) is 6.33 Å². The smallest absolute Gasteiger partial charge is 0.170 e. The van der Waals surface area contributed by atoms with Gasteiger partial charge in [-0.1, -0.05) is 12.1 Å². The fourth-order valence-corrected chi connectivity index (χ4v) is 1.82. The first-order valence-corrected chi connectivity index (χ1v) is 5.88. The van der Waals surface area contributed by atoms with Crippen LogP contribution in [0.2, 0.25) is 0 Å². The number of aromatic nitrogens is 5. The Balaban J connectivity index is 1.94. The number of fused-ring (bicyclic) bond motifs is 1. The zero-order chi connectivity index (χ0) is 13.2. The molecule has 0 aliphatic carbocycles. The number of para-hydroxylation sites is 2. The quantitative estimate of drug-likeness (QED) is 0.655. The summed E-state index contributed by atoms with van der Waals surface area (Å²) in [5.74, 6) is 1.63. The highest BCUT2D eigenvalue weighted by atomic mass is 15.2. The number of hydrogen-bond donors (Lipinski definition) is 3. The number of nitrogens with two attached hydrogens (primary N) is 1.